The summed E-state index contributed by atoms with van der Waals surface area (Å²) < 4.78 is 6.71. The van der Waals surface area contributed by atoms with E-state index in [1.807, 2.05) is 36.4 Å². The molecule has 0 aliphatic rings. The highest BCUT2D eigenvalue weighted by Gasteiger charge is 2.02. The Morgan fingerprint density at radius 3 is 2.46 bits per heavy atom. The maximum Gasteiger partial charge on any atom is 0.159 e. The number of hydrogen-bond acceptors (Lipinski definition) is 3. The van der Waals surface area contributed by atoms with E-state index in [9.17, 15) is 0 Å². The summed E-state index contributed by atoms with van der Waals surface area (Å²) in [5, 5.41) is 0.561. The van der Waals surface area contributed by atoms with Crippen LogP contribution in [0.4, 0.5) is 5.69 Å². The average Bonchev–Trinajstić information content (AvgIpc) is 2.60. The highest BCUT2D eigenvalue weighted by Crippen LogP contribution is 2.22. The molecular weight excluding hydrogens is 384 g/mol. The second-order valence-electron chi connectivity index (χ2n) is 5.50. The summed E-state index contributed by atoms with van der Waals surface area (Å²) in [6.45, 7) is 5.02. The first-order chi connectivity index (χ1) is 11.6. The molecule has 0 fully saturated rings. The molecule has 1 atom stereocenters. The lowest BCUT2D eigenvalue weighted by atomic mass is 9.99. The quantitative estimate of drug-likeness (QED) is 0.363. The van der Waals surface area contributed by atoms with Gasteiger partial charge < -0.3 is 10.5 Å². The van der Waals surface area contributed by atoms with Crippen molar-refractivity contribution in [2.75, 3.05) is 12.4 Å². The van der Waals surface area contributed by atoms with Crippen molar-refractivity contribution in [3.63, 3.8) is 0 Å². The fourth-order valence-electron chi connectivity index (χ4n) is 2.11. The molecule has 0 amide bonds. The minimum absolute atomic E-state index is 0.561. The molecule has 3 nitrogen and oxygen atoms in total. The Bertz CT molecular complexity index is 656. The third-order valence-corrected chi connectivity index (χ3v) is 5.02. The van der Waals surface area contributed by atoms with Gasteiger partial charge in [0.25, 0.3) is 0 Å². The molecule has 2 N–H and O–H groups in total. The number of thioether (sulfide) groups is 1. The highest BCUT2D eigenvalue weighted by molar-refractivity contribution is 9.10. The Labute approximate surface area is 156 Å². The number of aliphatic imine (C=N–C) groups is 1. The number of amidine groups is 1. The lowest BCUT2D eigenvalue weighted by Crippen LogP contribution is -2.10. The standard InChI is InChI=1S/C19H23BrN2OS/c1-3-14(2)15-4-8-17(9-5-15)22-19(21)24-13-12-23-18-10-6-16(20)7-11-18/h4-11,14H,3,12-13H2,1-2H3,(H2,21,22)/t14-/m1/s1. The Hall–Kier alpha value is -1.46. The summed E-state index contributed by atoms with van der Waals surface area (Å²) in [7, 11) is 0. The van der Waals surface area contributed by atoms with Gasteiger partial charge in [-0.1, -0.05) is 53.7 Å². The average molecular weight is 407 g/mol. The fourth-order valence-corrected chi connectivity index (χ4v) is 2.92. The Balaban J connectivity index is 1.78. The van der Waals surface area contributed by atoms with Crippen LogP contribution in [0.5, 0.6) is 5.75 Å². The molecule has 2 aromatic rings. The van der Waals surface area contributed by atoms with E-state index in [-0.39, 0.29) is 0 Å². The van der Waals surface area contributed by atoms with Crippen LogP contribution < -0.4 is 10.5 Å². The first kappa shape index (κ1) is 18.9. The molecule has 0 aromatic heterocycles. The molecule has 24 heavy (non-hydrogen) atoms. The molecule has 0 aliphatic heterocycles. The van der Waals surface area contributed by atoms with Crippen LogP contribution >= 0.6 is 27.7 Å². The van der Waals surface area contributed by atoms with Gasteiger partial charge >= 0.3 is 0 Å². The van der Waals surface area contributed by atoms with Gasteiger partial charge in [0.05, 0.1) is 12.3 Å². The zero-order valence-corrected chi connectivity index (χ0v) is 16.4. The van der Waals surface area contributed by atoms with Crippen molar-refractivity contribution in [2.45, 2.75) is 26.2 Å². The Morgan fingerprint density at radius 1 is 1.17 bits per heavy atom. The first-order valence-corrected chi connectivity index (χ1v) is 9.81. The molecular formula is C19H23BrN2OS. The summed E-state index contributed by atoms with van der Waals surface area (Å²) >= 11 is 4.90. The van der Waals surface area contributed by atoms with Crippen LogP contribution in [0.3, 0.4) is 0 Å². The maximum absolute atomic E-state index is 5.98. The van der Waals surface area contributed by atoms with E-state index in [4.69, 9.17) is 10.5 Å². The number of rotatable bonds is 7. The van der Waals surface area contributed by atoms with Crippen molar-refractivity contribution in [3.05, 3.63) is 58.6 Å². The fraction of sp³-hybridized carbons (Fsp3) is 0.316. The number of nitrogens with zero attached hydrogens (tertiary/aromatic N) is 1. The summed E-state index contributed by atoms with van der Waals surface area (Å²) in [5.74, 6) is 2.19. The van der Waals surface area contributed by atoms with Gasteiger partial charge in [-0.25, -0.2) is 4.99 Å². The van der Waals surface area contributed by atoms with Crippen LogP contribution in [0.15, 0.2) is 58.0 Å². The van der Waals surface area contributed by atoms with E-state index in [0.717, 1.165) is 28.1 Å². The SMILES string of the molecule is CC[C@@H](C)c1ccc(N=C(N)SCCOc2ccc(Br)cc2)cc1. The number of benzene rings is 2. The lowest BCUT2D eigenvalue weighted by molar-refractivity contribution is 0.344. The van der Waals surface area contributed by atoms with Gasteiger partial charge in [-0.2, -0.15) is 0 Å². The van der Waals surface area contributed by atoms with Gasteiger partial charge in [-0.15, -0.1) is 0 Å². The zero-order valence-electron chi connectivity index (χ0n) is 14.0. The number of nitrogens with two attached hydrogens (primary N) is 1. The summed E-state index contributed by atoms with van der Waals surface area (Å²) in [6.07, 6.45) is 1.14. The molecule has 0 radical (unpaired) electrons. The molecule has 5 heteroatoms. The van der Waals surface area contributed by atoms with Crippen LogP contribution in [0.2, 0.25) is 0 Å². The van der Waals surface area contributed by atoms with E-state index >= 15 is 0 Å². The van der Waals surface area contributed by atoms with Crippen LogP contribution in [0.25, 0.3) is 0 Å². The van der Waals surface area contributed by atoms with Gasteiger partial charge in [0.2, 0.25) is 0 Å². The number of hydrogen-bond donors (Lipinski definition) is 1. The van der Waals surface area contributed by atoms with Crippen molar-refractivity contribution < 1.29 is 4.74 Å². The van der Waals surface area contributed by atoms with Crippen LogP contribution in [-0.4, -0.2) is 17.5 Å². The van der Waals surface area contributed by atoms with Gasteiger partial charge in [-0.3, -0.25) is 0 Å². The van der Waals surface area contributed by atoms with Crippen molar-refractivity contribution in [1.29, 1.82) is 0 Å². The van der Waals surface area contributed by atoms with Crippen LogP contribution in [-0.2, 0) is 0 Å². The third-order valence-electron chi connectivity index (χ3n) is 3.73. The summed E-state index contributed by atoms with van der Waals surface area (Å²) in [5.41, 5.74) is 8.21. The van der Waals surface area contributed by atoms with Crippen molar-refractivity contribution in [1.82, 2.24) is 0 Å². The van der Waals surface area contributed by atoms with E-state index in [1.165, 1.54) is 17.3 Å². The summed E-state index contributed by atoms with van der Waals surface area (Å²) in [4.78, 5) is 4.44. The normalized spacial score (nSPS) is 12.9. The monoisotopic (exact) mass is 406 g/mol. The van der Waals surface area contributed by atoms with Gasteiger partial charge in [-0.05, 0) is 54.3 Å². The van der Waals surface area contributed by atoms with Crippen molar-refractivity contribution >= 4 is 38.5 Å². The first-order valence-electron chi connectivity index (χ1n) is 8.03. The molecule has 0 spiro atoms. The largest absolute Gasteiger partial charge is 0.493 e. The van der Waals surface area contributed by atoms with Crippen LogP contribution in [0.1, 0.15) is 31.7 Å². The van der Waals surface area contributed by atoms with Crippen molar-refractivity contribution in [3.8, 4) is 5.75 Å². The van der Waals surface area contributed by atoms with Gasteiger partial charge in [0.15, 0.2) is 5.17 Å². The molecule has 0 aliphatic carbocycles. The third kappa shape index (κ3) is 6.21. The second kappa shape index (κ2) is 9.74. The van der Waals surface area contributed by atoms with Crippen molar-refractivity contribution in [2.24, 2.45) is 10.7 Å². The van der Waals surface area contributed by atoms with Crippen LogP contribution in [0, 0.1) is 0 Å². The van der Waals surface area contributed by atoms with E-state index in [1.54, 1.807) is 0 Å². The molecule has 2 rings (SSSR count). The zero-order chi connectivity index (χ0) is 17.4. The molecule has 0 bridgehead atoms. The topological polar surface area (TPSA) is 47.6 Å². The smallest absolute Gasteiger partial charge is 0.159 e. The van der Waals surface area contributed by atoms with E-state index < -0.39 is 0 Å². The van der Waals surface area contributed by atoms with Gasteiger partial charge in [0.1, 0.15) is 5.75 Å². The highest BCUT2D eigenvalue weighted by atomic mass is 79.9. The maximum atomic E-state index is 5.98. The lowest BCUT2D eigenvalue weighted by Gasteiger charge is -2.09. The predicted molar refractivity (Wildman–Crippen MR) is 109 cm³/mol. The minimum atomic E-state index is 0.561. The molecule has 0 unspecified atom stereocenters. The molecule has 2 aromatic carbocycles. The molecule has 128 valence electrons. The Morgan fingerprint density at radius 2 is 1.83 bits per heavy atom. The number of halogens is 1. The Kier molecular flexibility index (Phi) is 7.66. The van der Waals surface area contributed by atoms with E-state index in [0.29, 0.717) is 17.7 Å². The number of ether oxygens (including phenoxy) is 1. The van der Waals surface area contributed by atoms with Gasteiger partial charge in [0, 0.05) is 10.2 Å². The minimum Gasteiger partial charge on any atom is -0.493 e. The molecule has 0 heterocycles. The summed E-state index contributed by atoms with van der Waals surface area (Å²) in [6, 6.07) is 16.1. The second-order valence-corrected chi connectivity index (χ2v) is 7.53. The predicted octanol–water partition coefficient (Wildman–Crippen LogP) is 5.72. The molecule has 0 saturated heterocycles. The van der Waals surface area contributed by atoms with E-state index in [2.05, 4.69) is 46.9 Å². The molecule has 0 saturated carbocycles.